The maximum atomic E-state index is 11.9. The van der Waals surface area contributed by atoms with Gasteiger partial charge in [-0.2, -0.15) is 0 Å². The van der Waals surface area contributed by atoms with Crippen LogP contribution in [0.4, 0.5) is 0 Å². The Kier molecular flexibility index (Phi) is 3.73. The predicted molar refractivity (Wildman–Crippen MR) is 67.8 cm³/mol. The highest BCUT2D eigenvalue weighted by molar-refractivity contribution is 6.41. The van der Waals surface area contributed by atoms with Crippen molar-refractivity contribution in [2.75, 3.05) is 13.6 Å². The Morgan fingerprint density at radius 3 is 2.83 bits per heavy atom. The van der Waals surface area contributed by atoms with Crippen LogP contribution in [0.1, 0.15) is 16.8 Å². The fourth-order valence-electron chi connectivity index (χ4n) is 1.77. The van der Waals surface area contributed by atoms with E-state index in [4.69, 9.17) is 23.2 Å². The zero-order valence-electron chi connectivity index (χ0n) is 9.61. The van der Waals surface area contributed by atoms with Gasteiger partial charge in [-0.05, 0) is 6.07 Å². The smallest absolute Gasteiger partial charge is 0.253 e. The first-order valence-electron chi connectivity index (χ1n) is 5.33. The molecule has 18 heavy (non-hydrogen) atoms. The summed E-state index contributed by atoms with van der Waals surface area (Å²) in [4.78, 5) is 28.6. The molecule has 1 atom stereocenters. The van der Waals surface area contributed by atoms with Crippen LogP contribution in [-0.2, 0) is 4.79 Å². The molecule has 1 aliphatic heterocycles. The van der Waals surface area contributed by atoms with Gasteiger partial charge < -0.3 is 10.2 Å². The number of aromatic nitrogens is 1. The summed E-state index contributed by atoms with van der Waals surface area (Å²) >= 11 is 11.5. The minimum Gasteiger partial charge on any atom is -0.347 e. The highest BCUT2D eigenvalue weighted by Crippen LogP contribution is 2.20. The minimum atomic E-state index is -0.311. The zero-order valence-corrected chi connectivity index (χ0v) is 11.1. The molecule has 5 nitrogen and oxygen atoms in total. The van der Waals surface area contributed by atoms with E-state index in [-0.39, 0.29) is 28.0 Å². The Morgan fingerprint density at radius 1 is 1.56 bits per heavy atom. The lowest BCUT2D eigenvalue weighted by Crippen LogP contribution is -2.36. The van der Waals surface area contributed by atoms with Crippen molar-refractivity contribution in [3.05, 3.63) is 28.0 Å². The van der Waals surface area contributed by atoms with E-state index in [2.05, 4.69) is 10.3 Å². The summed E-state index contributed by atoms with van der Waals surface area (Å²) in [7, 11) is 1.70. The van der Waals surface area contributed by atoms with Gasteiger partial charge in [0.2, 0.25) is 5.91 Å². The summed E-state index contributed by atoms with van der Waals surface area (Å²) in [5.74, 6) is -0.290. The number of carbonyl (C=O) groups is 2. The molecule has 0 unspecified atom stereocenters. The van der Waals surface area contributed by atoms with Gasteiger partial charge in [0.1, 0.15) is 5.15 Å². The second kappa shape index (κ2) is 5.12. The number of amides is 2. The SMILES string of the molecule is CN1C[C@@H](NC(=O)c2cnc(Cl)c(Cl)c2)CC1=O. The van der Waals surface area contributed by atoms with Crippen molar-refractivity contribution in [3.8, 4) is 0 Å². The highest BCUT2D eigenvalue weighted by atomic mass is 35.5. The van der Waals surface area contributed by atoms with Crippen LogP contribution in [0.25, 0.3) is 0 Å². The summed E-state index contributed by atoms with van der Waals surface area (Å²) in [5.41, 5.74) is 0.325. The number of pyridine rings is 1. The molecule has 2 amide bonds. The Labute approximate surface area is 114 Å². The van der Waals surface area contributed by atoms with Crippen molar-refractivity contribution in [2.24, 2.45) is 0 Å². The van der Waals surface area contributed by atoms with E-state index >= 15 is 0 Å². The molecule has 7 heteroatoms. The summed E-state index contributed by atoms with van der Waals surface area (Å²) in [6.45, 7) is 0.513. The van der Waals surface area contributed by atoms with Gasteiger partial charge in [-0.3, -0.25) is 9.59 Å². The molecule has 0 saturated carbocycles. The molecule has 1 N–H and O–H groups in total. The third-order valence-electron chi connectivity index (χ3n) is 2.73. The van der Waals surface area contributed by atoms with Crippen LogP contribution in [0.15, 0.2) is 12.3 Å². The van der Waals surface area contributed by atoms with Gasteiger partial charge in [-0.1, -0.05) is 23.2 Å². The van der Waals surface area contributed by atoms with Crippen molar-refractivity contribution in [1.29, 1.82) is 0 Å². The Morgan fingerprint density at radius 2 is 2.28 bits per heavy atom. The monoisotopic (exact) mass is 287 g/mol. The molecule has 2 heterocycles. The van der Waals surface area contributed by atoms with Crippen molar-refractivity contribution in [1.82, 2.24) is 15.2 Å². The fraction of sp³-hybridized carbons (Fsp3) is 0.364. The van der Waals surface area contributed by atoms with E-state index in [0.717, 1.165) is 0 Å². The molecule has 1 aromatic heterocycles. The number of likely N-dealkylation sites (N-methyl/N-ethyl adjacent to an activating group) is 1. The Hall–Kier alpha value is -1.33. The van der Waals surface area contributed by atoms with E-state index in [1.807, 2.05) is 0 Å². The number of likely N-dealkylation sites (tertiary alicyclic amines) is 1. The third-order valence-corrected chi connectivity index (χ3v) is 3.42. The van der Waals surface area contributed by atoms with Crippen molar-refractivity contribution in [2.45, 2.75) is 12.5 Å². The van der Waals surface area contributed by atoms with Gasteiger partial charge in [0, 0.05) is 26.2 Å². The van der Waals surface area contributed by atoms with Gasteiger partial charge in [0.25, 0.3) is 5.91 Å². The molecule has 2 rings (SSSR count). The lowest BCUT2D eigenvalue weighted by atomic mass is 10.2. The van der Waals surface area contributed by atoms with E-state index in [0.29, 0.717) is 18.5 Å². The number of hydrogen-bond donors (Lipinski definition) is 1. The largest absolute Gasteiger partial charge is 0.347 e. The quantitative estimate of drug-likeness (QED) is 0.836. The second-order valence-corrected chi connectivity index (χ2v) is 4.91. The first-order chi connectivity index (χ1) is 8.47. The third kappa shape index (κ3) is 2.73. The molecule has 0 bridgehead atoms. The normalized spacial score (nSPS) is 19.2. The number of halogens is 2. The number of nitrogens with one attached hydrogen (secondary N) is 1. The number of nitrogens with zero attached hydrogens (tertiary/aromatic N) is 2. The van der Waals surface area contributed by atoms with Crippen LogP contribution in [0.5, 0.6) is 0 Å². The fourth-order valence-corrected chi connectivity index (χ4v) is 2.04. The van der Waals surface area contributed by atoms with E-state index in [1.54, 1.807) is 11.9 Å². The zero-order chi connectivity index (χ0) is 13.3. The van der Waals surface area contributed by atoms with E-state index in [1.165, 1.54) is 12.3 Å². The van der Waals surface area contributed by atoms with Gasteiger partial charge in [0.05, 0.1) is 16.6 Å². The van der Waals surface area contributed by atoms with Gasteiger partial charge >= 0.3 is 0 Å². The molecule has 1 fully saturated rings. The Bertz CT molecular complexity index is 507. The highest BCUT2D eigenvalue weighted by Gasteiger charge is 2.28. The molecule has 0 aliphatic carbocycles. The van der Waals surface area contributed by atoms with Crippen LogP contribution in [0, 0.1) is 0 Å². The standard InChI is InChI=1S/C11H11Cl2N3O2/c1-16-5-7(3-9(16)17)15-11(18)6-2-8(12)10(13)14-4-6/h2,4,7H,3,5H2,1H3,(H,15,18)/t7-/m0/s1. The molecule has 0 radical (unpaired) electrons. The molecule has 1 aliphatic rings. The molecule has 96 valence electrons. The van der Waals surface area contributed by atoms with E-state index in [9.17, 15) is 9.59 Å². The van der Waals surface area contributed by atoms with Gasteiger partial charge in [-0.15, -0.1) is 0 Å². The van der Waals surface area contributed by atoms with E-state index < -0.39 is 0 Å². The number of hydrogen-bond acceptors (Lipinski definition) is 3. The summed E-state index contributed by atoms with van der Waals surface area (Å²) in [6, 6.07) is 1.27. The van der Waals surface area contributed by atoms with Crippen LogP contribution in [0.2, 0.25) is 10.2 Å². The van der Waals surface area contributed by atoms with Crippen LogP contribution < -0.4 is 5.32 Å². The summed E-state index contributed by atoms with van der Waals surface area (Å²) in [5, 5.41) is 3.14. The second-order valence-electron chi connectivity index (χ2n) is 4.15. The predicted octanol–water partition coefficient (Wildman–Crippen LogP) is 1.35. The molecule has 1 saturated heterocycles. The molecule has 0 spiro atoms. The van der Waals surface area contributed by atoms with Crippen LogP contribution in [0.3, 0.4) is 0 Å². The average Bonchev–Trinajstić information content (AvgIpc) is 2.61. The maximum absolute atomic E-state index is 11.9. The molecular weight excluding hydrogens is 277 g/mol. The lowest BCUT2D eigenvalue weighted by Gasteiger charge is -2.12. The molecule has 1 aromatic rings. The van der Waals surface area contributed by atoms with Crippen molar-refractivity contribution >= 4 is 35.0 Å². The van der Waals surface area contributed by atoms with Gasteiger partial charge in [0.15, 0.2) is 0 Å². The molecule has 0 aromatic carbocycles. The Balaban J connectivity index is 2.04. The van der Waals surface area contributed by atoms with Crippen molar-refractivity contribution < 1.29 is 9.59 Å². The maximum Gasteiger partial charge on any atom is 0.253 e. The summed E-state index contributed by atoms with van der Waals surface area (Å²) in [6.07, 6.45) is 1.67. The van der Waals surface area contributed by atoms with Gasteiger partial charge in [-0.25, -0.2) is 4.98 Å². The minimum absolute atomic E-state index is 0.0209. The number of rotatable bonds is 2. The summed E-state index contributed by atoms with van der Waals surface area (Å²) < 4.78 is 0. The topological polar surface area (TPSA) is 62.3 Å². The first kappa shape index (κ1) is 13.1. The molecular formula is C11H11Cl2N3O2. The van der Waals surface area contributed by atoms with Crippen molar-refractivity contribution in [3.63, 3.8) is 0 Å². The first-order valence-corrected chi connectivity index (χ1v) is 6.09. The average molecular weight is 288 g/mol. The van der Waals surface area contributed by atoms with Crippen LogP contribution >= 0.6 is 23.2 Å². The van der Waals surface area contributed by atoms with Crippen LogP contribution in [-0.4, -0.2) is 41.3 Å². The number of carbonyl (C=O) groups excluding carboxylic acids is 2. The lowest BCUT2D eigenvalue weighted by molar-refractivity contribution is -0.126.